The van der Waals surface area contributed by atoms with Crippen molar-refractivity contribution in [2.24, 2.45) is 5.73 Å². The third-order valence-corrected chi connectivity index (χ3v) is 3.43. The summed E-state index contributed by atoms with van der Waals surface area (Å²) in [6.07, 6.45) is 0. The average Bonchev–Trinajstić information content (AvgIpc) is 2.27. The summed E-state index contributed by atoms with van der Waals surface area (Å²) in [6.45, 7) is 0.00275. The minimum atomic E-state index is -3.50. The van der Waals surface area contributed by atoms with E-state index in [2.05, 4.69) is 4.72 Å². The molecule has 0 radical (unpaired) electrons. The molecule has 1 aromatic rings. The van der Waals surface area contributed by atoms with E-state index in [1.165, 1.54) is 14.1 Å². The molecule has 7 nitrogen and oxygen atoms in total. The van der Waals surface area contributed by atoms with Gasteiger partial charge in [0.2, 0.25) is 0 Å². The number of nitrogens with two attached hydrogens (primary N) is 1. The van der Waals surface area contributed by atoms with Gasteiger partial charge < -0.3 is 10.5 Å². The number of benzene rings is 1. The molecule has 0 amide bonds. The molecule has 0 atom stereocenters. The lowest BCUT2D eigenvalue weighted by molar-refractivity contribution is 0.374. The third kappa shape index (κ3) is 4.22. The summed E-state index contributed by atoms with van der Waals surface area (Å²) in [5, 5.41) is 7.01. The molecule has 0 spiro atoms. The maximum absolute atomic E-state index is 11.5. The van der Waals surface area contributed by atoms with Gasteiger partial charge in [0.1, 0.15) is 18.2 Å². The normalized spacial score (nSPS) is 11.3. The molecule has 100 valence electrons. The van der Waals surface area contributed by atoms with E-state index in [0.29, 0.717) is 11.4 Å². The van der Waals surface area contributed by atoms with Gasteiger partial charge >= 0.3 is 10.2 Å². The highest BCUT2D eigenvalue weighted by atomic mass is 32.2. The van der Waals surface area contributed by atoms with Crippen LogP contribution in [0.2, 0.25) is 0 Å². The molecule has 8 heteroatoms. The summed E-state index contributed by atoms with van der Waals surface area (Å²) >= 11 is 0. The highest BCUT2D eigenvalue weighted by molar-refractivity contribution is 7.90. The lowest BCUT2D eigenvalue weighted by Crippen LogP contribution is -2.28. The Morgan fingerprint density at radius 2 is 1.94 bits per heavy atom. The number of nitrogens with zero attached hydrogens (tertiary/aromatic N) is 1. The molecule has 0 aromatic heterocycles. The van der Waals surface area contributed by atoms with Crippen molar-refractivity contribution in [3.63, 3.8) is 0 Å². The first-order valence-electron chi connectivity index (χ1n) is 5.07. The van der Waals surface area contributed by atoms with Gasteiger partial charge in [0, 0.05) is 14.1 Å². The van der Waals surface area contributed by atoms with E-state index >= 15 is 0 Å². The van der Waals surface area contributed by atoms with Crippen LogP contribution >= 0.6 is 0 Å². The van der Waals surface area contributed by atoms with Crippen LogP contribution in [0.5, 0.6) is 5.75 Å². The Labute approximate surface area is 106 Å². The van der Waals surface area contributed by atoms with Crippen molar-refractivity contribution in [3.8, 4) is 5.75 Å². The summed E-state index contributed by atoms with van der Waals surface area (Å²) in [4.78, 5) is 0. The highest BCUT2D eigenvalue weighted by Crippen LogP contribution is 2.16. The average molecular weight is 272 g/mol. The molecular weight excluding hydrogens is 256 g/mol. The zero-order valence-electron chi connectivity index (χ0n) is 10.2. The van der Waals surface area contributed by atoms with Crippen LogP contribution in [0.1, 0.15) is 0 Å². The van der Waals surface area contributed by atoms with Crippen LogP contribution < -0.4 is 15.2 Å². The van der Waals surface area contributed by atoms with Gasteiger partial charge in [-0.25, -0.2) is 0 Å². The summed E-state index contributed by atoms with van der Waals surface area (Å²) in [6, 6.07) is 6.32. The number of amidine groups is 1. The number of anilines is 1. The second-order valence-electron chi connectivity index (χ2n) is 3.73. The van der Waals surface area contributed by atoms with E-state index in [-0.39, 0.29) is 12.4 Å². The van der Waals surface area contributed by atoms with Crippen molar-refractivity contribution in [1.82, 2.24) is 4.31 Å². The molecule has 4 N–H and O–H groups in total. The van der Waals surface area contributed by atoms with Crippen molar-refractivity contribution in [1.29, 1.82) is 5.41 Å². The first kappa shape index (κ1) is 14.3. The zero-order valence-corrected chi connectivity index (χ0v) is 11.0. The molecule has 0 saturated heterocycles. The van der Waals surface area contributed by atoms with E-state index in [0.717, 1.165) is 4.31 Å². The molecule has 1 aromatic carbocycles. The molecule has 0 unspecified atom stereocenters. The fraction of sp³-hybridized carbons (Fsp3) is 0.300. The molecule has 0 heterocycles. The summed E-state index contributed by atoms with van der Waals surface area (Å²) < 4.78 is 31.7. The van der Waals surface area contributed by atoms with Crippen molar-refractivity contribution >= 4 is 21.7 Å². The Hall–Kier alpha value is -1.80. The molecule has 0 aliphatic carbocycles. The van der Waals surface area contributed by atoms with E-state index in [1.807, 2.05) is 0 Å². The number of ether oxygens (including phenoxy) is 1. The van der Waals surface area contributed by atoms with Gasteiger partial charge in [0.15, 0.2) is 0 Å². The summed E-state index contributed by atoms with van der Waals surface area (Å²) in [7, 11) is -0.627. The molecule has 1 rings (SSSR count). The Balaban J connectivity index is 2.69. The first-order valence-corrected chi connectivity index (χ1v) is 6.51. The first-order chi connectivity index (χ1) is 8.31. The lowest BCUT2D eigenvalue weighted by Gasteiger charge is -2.13. The smallest absolute Gasteiger partial charge is 0.301 e. The molecule has 0 bridgehead atoms. The van der Waals surface area contributed by atoms with E-state index in [4.69, 9.17) is 15.9 Å². The standard InChI is InChI=1S/C10H16N4O3S/c1-14(2)18(15,16)13-8-3-5-9(6-4-8)17-7-10(11)12/h3-6,13H,7H2,1-2H3,(H3,11,12). The predicted molar refractivity (Wildman–Crippen MR) is 70.1 cm³/mol. The zero-order chi connectivity index (χ0) is 13.8. The molecule has 0 saturated carbocycles. The predicted octanol–water partition coefficient (Wildman–Crippen LogP) is 0.220. The van der Waals surface area contributed by atoms with Gasteiger partial charge in [-0.1, -0.05) is 0 Å². The van der Waals surface area contributed by atoms with Crippen molar-refractivity contribution in [3.05, 3.63) is 24.3 Å². The van der Waals surface area contributed by atoms with Crippen molar-refractivity contribution in [2.45, 2.75) is 0 Å². The van der Waals surface area contributed by atoms with Crippen LogP contribution in [-0.4, -0.2) is 39.3 Å². The van der Waals surface area contributed by atoms with Crippen LogP contribution in [0.25, 0.3) is 0 Å². The van der Waals surface area contributed by atoms with Gasteiger partial charge in [0.05, 0.1) is 5.69 Å². The van der Waals surface area contributed by atoms with Gasteiger partial charge in [0.25, 0.3) is 0 Å². The topological polar surface area (TPSA) is 109 Å². The summed E-state index contributed by atoms with van der Waals surface area (Å²) in [5.74, 6) is 0.436. The third-order valence-electron chi connectivity index (χ3n) is 1.98. The van der Waals surface area contributed by atoms with Crippen LogP contribution in [-0.2, 0) is 10.2 Å². The quantitative estimate of drug-likeness (QED) is 0.508. The molecule has 0 aliphatic rings. The van der Waals surface area contributed by atoms with Crippen LogP contribution in [0.15, 0.2) is 24.3 Å². The van der Waals surface area contributed by atoms with Gasteiger partial charge in [-0.15, -0.1) is 0 Å². The SMILES string of the molecule is CN(C)S(=O)(=O)Nc1ccc(OCC(=N)N)cc1. The highest BCUT2D eigenvalue weighted by Gasteiger charge is 2.12. The van der Waals surface area contributed by atoms with Crippen LogP contribution in [0.3, 0.4) is 0 Å². The van der Waals surface area contributed by atoms with Gasteiger partial charge in [-0.3, -0.25) is 10.1 Å². The minimum absolute atomic E-state index is 0.00275. The Bertz CT molecular complexity index is 510. The number of rotatable bonds is 6. The lowest BCUT2D eigenvalue weighted by atomic mass is 10.3. The largest absolute Gasteiger partial charge is 0.486 e. The Morgan fingerprint density at radius 3 is 2.39 bits per heavy atom. The van der Waals surface area contributed by atoms with Crippen LogP contribution in [0.4, 0.5) is 5.69 Å². The van der Waals surface area contributed by atoms with Crippen LogP contribution in [0, 0.1) is 5.41 Å². The number of nitrogens with one attached hydrogen (secondary N) is 2. The minimum Gasteiger partial charge on any atom is -0.486 e. The second-order valence-corrected chi connectivity index (χ2v) is 5.61. The van der Waals surface area contributed by atoms with Gasteiger partial charge in [-0.2, -0.15) is 12.7 Å². The van der Waals surface area contributed by atoms with Crippen molar-refractivity contribution < 1.29 is 13.2 Å². The molecule has 0 aliphatic heterocycles. The maximum atomic E-state index is 11.5. The van der Waals surface area contributed by atoms with E-state index < -0.39 is 10.2 Å². The van der Waals surface area contributed by atoms with E-state index in [9.17, 15) is 8.42 Å². The Kier molecular flexibility index (Phi) is 4.51. The second kappa shape index (κ2) is 5.69. The molecule has 0 fully saturated rings. The van der Waals surface area contributed by atoms with E-state index in [1.54, 1.807) is 24.3 Å². The number of hydrogen-bond acceptors (Lipinski definition) is 4. The maximum Gasteiger partial charge on any atom is 0.301 e. The van der Waals surface area contributed by atoms with Crippen molar-refractivity contribution in [2.75, 3.05) is 25.4 Å². The monoisotopic (exact) mass is 272 g/mol. The molecular formula is C10H16N4O3S. The summed E-state index contributed by atoms with van der Waals surface area (Å²) in [5.41, 5.74) is 5.58. The Morgan fingerprint density at radius 1 is 1.39 bits per heavy atom. The fourth-order valence-electron chi connectivity index (χ4n) is 1.02. The molecule has 18 heavy (non-hydrogen) atoms. The van der Waals surface area contributed by atoms with Gasteiger partial charge in [-0.05, 0) is 24.3 Å². The fourth-order valence-corrected chi connectivity index (χ4v) is 1.64. The number of hydrogen-bond donors (Lipinski definition) is 3.